The number of hydrogen-bond donors (Lipinski definition) is 1. The molecule has 7 nitrogen and oxygen atoms in total. The average Bonchev–Trinajstić information content (AvgIpc) is 3.42. The zero-order valence-electron chi connectivity index (χ0n) is 24.1. The van der Waals surface area contributed by atoms with Crippen molar-refractivity contribution in [1.82, 2.24) is 0 Å². The SMILES string of the molecule is C[C@]1(c2ccc(Cl)cc2Cl)OC[C@@H](COc2ccc(N3CCN(c4ccc(NC(=O)c5cccc(Cl)c5)cc4)CC3)cc2)O1. The fourth-order valence-corrected chi connectivity index (χ4v) is 6.24. The van der Waals surface area contributed by atoms with Gasteiger partial charge in [0, 0.05) is 64.4 Å². The molecule has 2 heterocycles. The number of amides is 1. The van der Waals surface area contributed by atoms with E-state index in [9.17, 15) is 4.79 Å². The minimum absolute atomic E-state index is 0.186. The van der Waals surface area contributed by atoms with Gasteiger partial charge in [-0.3, -0.25) is 4.79 Å². The highest BCUT2D eigenvalue weighted by atomic mass is 35.5. The monoisotopic (exact) mass is 651 g/mol. The van der Waals surface area contributed by atoms with Crippen molar-refractivity contribution < 1.29 is 19.0 Å². The molecule has 0 bridgehead atoms. The number of carbonyl (C=O) groups excluding carboxylic acids is 1. The van der Waals surface area contributed by atoms with Crippen LogP contribution in [0.5, 0.6) is 5.75 Å². The number of halogens is 3. The largest absolute Gasteiger partial charge is 0.491 e. The van der Waals surface area contributed by atoms with Gasteiger partial charge in [0.1, 0.15) is 18.5 Å². The van der Waals surface area contributed by atoms with Gasteiger partial charge in [0.15, 0.2) is 5.79 Å². The van der Waals surface area contributed by atoms with Crippen LogP contribution in [-0.4, -0.2) is 51.4 Å². The topological polar surface area (TPSA) is 63.3 Å². The molecule has 1 amide bonds. The number of nitrogens with zero attached hydrogens (tertiary/aromatic N) is 2. The fraction of sp³-hybridized carbons (Fsp3) is 0.265. The van der Waals surface area contributed by atoms with Crippen LogP contribution in [-0.2, 0) is 15.3 Å². The second-order valence-electron chi connectivity index (χ2n) is 10.9. The van der Waals surface area contributed by atoms with Crippen LogP contribution in [0, 0.1) is 0 Å². The molecule has 2 saturated heterocycles. The molecule has 4 aromatic rings. The molecule has 0 radical (unpaired) electrons. The summed E-state index contributed by atoms with van der Waals surface area (Å²) < 4.78 is 18.2. The molecular formula is C34H32Cl3N3O4. The average molecular weight is 653 g/mol. The molecule has 6 rings (SSSR count). The Labute approximate surface area is 272 Å². The van der Waals surface area contributed by atoms with Gasteiger partial charge in [-0.05, 0) is 85.8 Å². The number of ether oxygens (including phenoxy) is 3. The van der Waals surface area contributed by atoms with E-state index in [-0.39, 0.29) is 12.0 Å². The van der Waals surface area contributed by atoms with E-state index < -0.39 is 5.79 Å². The predicted octanol–water partition coefficient (Wildman–Crippen LogP) is 7.89. The molecule has 0 aliphatic carbocycles. The highest BCUT2D eigenvalue weighted by Gasteiger charge is 2.40. The van der Waals surface area contributed by atoms with Crippen molar-refractivity contribution in [2.45, 2.75) is 18.8 Å². The quantitative estimate of drug-likeness (QED) is 0.209. The summed E-state index contributed by atoms with van der Waals surface area (Å²) in [6.07, 6.45) is -0.229. The van der Waals surface area contributed by atoms with Crippen LogP contribution in [0.25, 0.3) is 0 Å². The van der Waals surface area contributed by atoms with Gasteiger partial charge in [0.05, 0.1) is 11.6 Å². The molecule has 0 spiro atoms. The lowest BCUT2D eigenvalue weighted by molar-refractivity contribution is -0.164. The Kier molecular flexibility index (Phi) is 9.21. The van der Waals surface area contributed by atoms with Crippen molar-refractivity contribution in [3.05, 3.63) is 117 Å². The third-order valence-electron chi connectivity index (χ3n) is 7.85. The van der Waals surface area contributed by atoms with Crippen LogP contribution in [0.15, 0.2) is 91.0 Å². The van der Waals surface area contributed by atoms with E-state index in [0.717, 1.165) is 54.6 Å². The lowest BCUT2D eigenvalue weighted by atomic mass is 10.1. The van der Waals surface area contributed by atoms with Crippen molar-refractivity contribution in [3.63, 3.8) is 0 Å². The molecule has 0 aromatic heterocycles. The number of rotatable bonds is 8. The van der Waals surface area contributed by atoms with Gasteiger partial charge in [0.2, 0.25) is 0 Å². The van der Waals surface area contributed by atoms with Gasteiger partial charge < -0.3 is 29.3 Å². The summed E-state index contributed by atoms with van der Waals surface area (Å²) in [5.41, 5.74) is 4.29. The van der Waals surface area contributed by atoms with E-state index in [1.165, 1.54) is 0 Å². The van der Waals surface area contributed by atoms with E-state index >= 15 is 0 Å². The summed E-state index contributed by atoms with van der Waals surface area (Å²) in [4.78, 5) is 17.2. The molecule has 228 valence electrons. The van der Waals surface area contributed by atoms with E-state index in [1.54, 1.807) is 36.4 Å². The molecule has 2 aliphatic heterocycles. The smallest absolute Gasteiger partial charge is 0.255 e. The maximum atomic E-state index is 12.5. The van der Waals surface area contributed by atoms with Crippen LogP contribution in [0.1, 0.15) is 22.8 Å². The number of carbonyl (C=O) groups is 1. The van der Waals surface area contributed by atoms with Gasteiger partial charge in [-0.1, -0.05) is 46.9 Å². The highest BCUT2D eigenvalue weighted by Crippen LogP contribution is 2.39. The third kappa shape index (κ3) is 7.09. The van der Waals surface area contributed by atoms with Crippen molar-refractivity contribution in [1.29, 1.82) is 0 Å². The molecule has 2 atom stereocenters. The predicted molar refractivity (Wildman–Crippen MR) is 177 cm³/mol. The first-order valence-corrected chi connectivity index (χ1v) is 15.6. The first-order valence-electron chi connectivity index (χ1n) is 14.4. The Balaban J connectivity index is 0.964. The lowest BCUT2D eigenvalue weighted by Gasteiger charge is -2.37. The Morgan fingerprint density at radius 1 is 0.864 bits per heavy atom. The maximum Gasteiger partial charge on any atom is 0.255 e. The third-order valence-corrected chi connectivity index (χ3v) is 8.63. The molecule has 1 N–H and O–H groups in total. The molecule has 4 aromatic carbocycles. The van der Waals surface area contributed by atoms with Crippen LogP contribution in [0.3, 0.4) is 0 Å². The number of hydrogen-bond acceptors (Lipinski definition) is 6. The zero-order valence-corrected chi connectivity index (χ0v) is 26.4. The molecule has 0 saturated carbocycles. The lowest BCUT2D eigenvalue weighted by Crippen LogP contribution is -2.46. The second kappa shape index (κ2) is 13.3. The summed E-state index contributed by atoms with van der Waals surface area (Å²) in [6.45, 7) is 6.19. The molecule has 2 fully saturated rings. The van der Waals surface area contributed by atoms with E-state index in [0.29, 0.717) is 33.8 Å². The Morgan fingerprint density at radius 2 is 1.50 bits per heavy atom. The van der Waals surface area contributed by atoms with Crippen LogP contribution in [0.2, 0.25) is 15.1 Å². The Bertz CT molecular complexity index is 1610. The Morgan fingerprint density at radius 3 is 2.14 bits per heavy atom. The van der Waals surface area contributed by atoms with Crippen molar-refractivity contribution in [2.24, 2.45) is 0 Å². The summed E-state index contributed by atoms with van der Waals surface area (Å²) in [5.74, 6) is -0.359. The van der Waals surface area contributed by atoms with E-state index in [4.69, 9.17) is 49.0 Å². The van der Waals surface area contributed by atoms with E-state index in [2.05, 4.69) is 27.2 Å². The van der Waals surface area contributed by atoms with Gasteiger partial charge in [0.25, 0.3) is 5.91 Å². The molecule has 44 heavy (non-hydrogen) atoms. The number of anilines is 3. The number of nitrogens with one attached hydrogen (secondary N) is 1. The number of piperazine rings is 1. The fourth-order valence-electron chi connectivity index (χ4n) is 5.47. The van der Waals surface area contributed by atoms with Gasteiger partial charge in [-0.15, -0.1) is 0 Å². The minimum Gasteiger partial charge on any atom is -0.491 e. The highest BCUT2D eigenvalue weighted by molar-refractivity contribution is 6.35. The molecule has 10 heteroatoms. The van der Waals surface area contributed by atoms with Crippen LogP contribution < -0.4 is 19.9 Å². The first kappa shape index (κ1) is 30.6. The van der Waals surface area contributed by atoms with Crippen molar-refractivity contribution >= 4 is 57.8 Å². The summed E-state index contributed by atoms with van der Waals surface area (Å²) in [7, 11) is 0. The summed E-state index contributed by atoms with van der Waals surface area (Å²) in [6, 6.07) is 28.3. The molecule has 0 unspecified atom stereocenters. The molecule has 2 aliphatic rings. The zero-order chi connectivity index (χ0) is 30.7. The van der Waals surface area contributed by atoms with Gasteiger partial charge >= 0.3 is 0 Å². The van der Waals surface area contributed by atoms with Crippen LogP contribution >= 0.6 is 34.8 Å². The normalized spacial score (nSPS) is 20.0. The minimum atomic E-state index is -0.947. The van der Waals surface area contributed by atoms with Gasteiger partial charge in [-0.25, -0.2) is 0 Å². The second-order valence-corrected chi connectivity index (χ2v) is 12.2. The summed E-state index contributed by atoms with van der Waals surface area (Å²) >= 11 is 18.4. The van der Waals surface area contributed by atoms with E-state index in [1.807, 2.05) is 49.4 Å². The van der Waals surface area contributed by atoms with Crippen molar-refractivity contribution in [2.75, 3.05) is 54.5 Å². The first-order chi connectivity index (χ1) is 21.3. The van der Waals surface area contributed by atoms with Gasteiger partial charge in [-0.2, -0.15) is 0 Å². The standard InChI is InChI=1S/C34H32Cl3N3O4/c1-34(31-14-5-25(36)20-32(31)37)43-22-30(44-34)21-42-29-12-10-28(11-13-29)40-17-15-39(16-18-40)27-8-6-26(7-9-27)38-33(41)23-3-2-4-24(35)19-23/h2-14,19-20,30H,15-18,21-22H2,1H3,(H,38,41)/t30-,34+/m1/s1. The molecular weight excluding hydrogens is 621 g/mol. The maximum absolute atomic E-state index is 12.5. The van der Waals surface area contributed by atoms with Crippen LogP contribution in [0.4, 0.5) is 17.1 Å². The Hall–Kier alpha value is -3.46. The van der Waals surface area contributed by atoms with Crippen molar-refractivity contribution in [3.8, 4) is 5.75 Å². The number of benzene rings is 4. The summed E-state index contributed by atoms with van der Waals surface area (Å²) in [5, 5.41) is 4.54.